The first-order valence-corrected chi connectivity index (χ1v) is 6.80. The number of nitrogens with zero attached hydrogens (tertiary/aromatic N) is 2. The Bertz CT molecular complexity index is 654. The number of aliphatic hydroxyl groups excluding tert-OH is 1. The fraction of sp³-hybridized carbons (Fsp3) is 0.308. The van der Waals surface area contributed by atoms with E-state index in [9.17, 15) is 22.7 Å². The average Bonchev–Trinajstić information content (AvgIpc) is 2.77. The Morgan fingerprint density at radius 1 is 1.33 bits per heavy atom. The van der Waals surface area contributed by atoms with Crippen LogP contribution in [0.1, 0.15) is 29.8 Å². The van der Waals surface area contributed by atoms with Gasteiger partial charge in [0.25, 0.3) is 0 Å². The average molecular weight is 367 g/mol. The lowest BCUT2D eigenvalue weighted by molar-refractivity contribution is -0.137. The summed E-state index contributed by atoms with van der Waals surface area (Å²) < 4.78 is 53.4. The van der Waals surface area contributed by atoms with Gasteiger partial charge in [-0.3, -0.25) is 4.68 Å². The number of hydrogen-bond acceptors (Lipinski definition) is 2. The summed E-state index contributed by atoms with van der Waals surface area (Å²) in [5.41, 5.74) is -1.05. The van der Waals surface area contributed by atoms with Gasteiger partial charge in [0.1, 0.15) is 11.9 Å². The summed E-state index contributed by atoms with van der Waals surface area (Å²) in [7, 11) is 0. The van der Waals surface area contributed by atoms with E-state index in [4.69, 9.17) is 0 Å². The van der Waals surface area contributed by atoms with Crippen LogP contribution in [0.25, 0.3) is 0 Å². The van der Waals surface area contributed by atoms with Gasteiger partial charge in [-0.2, -0.15) is 18.3 Å². The van der Waals surface area contributed by atoms with E-state index in [2.05, 4.69) is 21.0 Å². The number of aromatic nitrogens is 2. The van der Waals surface area contributed by atoms with Crippen LogP contribution in [-0.2, 0) is 12.7 Å². The zero-order valence-corrected chi connectivity index (χ0v) is 12.4. The van der Waals surface area contributed by atoms with E-state index in [1.54, 1.807) is 6.92 Å². The number of aryl methyl sites for hydroxylation is 1. The summed E-state index contributed by atoms with van der Waals surface area (Å²) >= 11 is 3.17. The van der Waals surface area contributed by atoms with E-state index in [0.717, 1.165) is 12.1 Å². The number of alkyl halides is 3. The molecule has 8 heteroatoms. The van der Waals surface area contributed by atoms with Crippen molar-refractivity contribution in [1.82, 2.24) is 9.78 Å². The first kappa shape index (κ1) is 16.0. The molecule has 0 bridgehead atoms. The molecule has 21 heavy (non-hydrogen) atoms. The molecule has 1 N–H and O–H groups in total. The molecule has 1 aromatic heterocycles. The monoisotopic (exact) mass is 366 g/mol. The first-order valence-electron chi connectivity index (χ1n) is 6.01. The normalized spacial score (nSPS) is 13.5. The smallest absolute Gasteiger partial charge is 0.382 e. The molecule has 1 heterocycles. The molecular formula is C13H11BrF4N2O. The second-order valence-electron chi connectivity index (χ2n) is 4.37. The van der Waals surface area contributed by atoms with E-state index >= 15 is 0 Å². The highest BCUT2D eigenvalue weighted by Gasteiger charge is 2.32. The lowest BCUT2D eigenvalue weighted by atomic mass is 10.0. The van der Waals surface area contributed by atoms with Crippen LogP contribution in [-0.4, -0.2) is 14.9 Å². The van der Waals surface area contributed by atoms with Gasteiger partial charge in [0.2, 0.25) is 0 Å². The predicted octanol–water partition coefficient (Wildman–Crippen LogP) is 3.91. The molecule has 1 aromatic carbocycles. The van der Waals surface area contributed by atoms with Crippen molar-refractivity contribution < 1.29 is 22.7 Å². The van der Waals surface area contributed by atoms with Crippen LogP contribution in [0.3, 0.4) is 0 Å². The highest BCUT2D eigenvalue weighted by molar-refractivity contribution is 9.10. The molecule has 0 amide bonds. The Kier molecular flexibility index (Phi) is 4.38. The van der Waals surface area contributed by atoms with Crippen molar-refractivity contribution in [3.05, 3.63) is 51.5 Å². The Morgan fingerprint density at radius 3 is 2.57 bits per heavy atom. The summed E-state index contributed by atoms with van der Waals surface area (Å²) in [6, 6.07) is 1.99. The predicted molar refractivity (Wildman–Crippen MR) is 71.1 cm³/mol. The molecule has 0 fully saturated rings. The van der Waals surface area contributed by atoms with E-state index in [0.29, 0.717) is 17.1 Å². The van der Waals surface area contributed by atoms with Gasteiger partial charge in [-0.15, -0.1) is 0 Å². The zero-order valence-electron chi connectivity index (χ0n) is 10.8. The molecule has 0 saturated carbocycles. The van der Waals surface area contributed by atoms with Crippen LogP contribution in [0.4, 0.5) is 17.6 Å². The summed E-state index contributed by atoms with van der Waals surface area (Å²) in [4.78, 5) is 0. The highest BCUT2D eigenvalue weighted by atomic mass is 79.9. The van der Waals surface area contributed by atoms with Crippen molar-refractivity contribution in [2.45, 2.75) is 25.7 Å². The third kappa shape index (κ3) is 3.26. The van der Waals surface area contributed by atoms with Gasteiger partial charge in [-0.25, -0.2) is 4.39 Å². The molecule has 1 atom stereocenters. The van der Waals surface area contributed by atoms with Gasteiger partial charge in [0.15, 0.2) is 0 Å². The van der Waals surface area contributed by atoms with Crippen LogP contribution >= 0.6 is 15.9 Å². The van der Waals surface area contributed by atoms with Crippen LogP contribution in [0.15, 0.2) is 28.9 Å². The maximum absolute atomic E-state index is 13.4. The summed E-state index contributed by atoms with van der Waals surface area (Å²) in [6.45, 7) is 2.18. The number of rotatable bonds is 3. The summed E-state index contributed by atoms with van der Waals surface area (Å²) in [5, 5.41) is 14.2. The van der Waals surface area contributed by atoms with Gasteiger partial charge < -0.3 is 5.11 Å². The molecular weight excluding hydrogens is 356 g/mol. The minimum Gasteiger partial charge on any atom is -0.382 e. The van der Waals surface area contributed by atoms with Crippen molar-refractivity contribution in [3.8, 4) is 0 Å². The fourth-order valence-corrected chi connectivity index (χ4v) is 2.50. The van der Waals surface area contributed by atoms with E-state index in [1.807, 2.05) is 0 Å². The lowest BCUT2D eigenvalue weighted by Crippen LogP contribution is -2.12. The van der Waals surface area contributed by atoms with E-state index < -0.39 is 23.7 Å². The van der Waals surface area contributed by atoms with E-state index in [-0.39, 0.29) is 11.3 Å². The van der Waals surface area contributed by atoms with Gasteiger partial charge in [0.05, 0.1) is 21.9 Å². The van der Waals surface area contributed by atoms with Crippen molar-refractivity contribution in [2.75, 3.05) is 0 Å². The Morgan fingerprint density at radius 2 is 2.00 bits per heavy atom. The second kappa shape index (κ2) is 5.76. The van der Waals surface area contributed by atoms with Crippen molar-refractivity contribution in [1.29, 1.82) is 0 Å². The lowest BCUT2D eigenvalue weighted by Gasteiger charge is -2.16. The standard InChI is InChI=1S/C13H11BrF4N2O/c1-2-20-11(10(14)6-19-20)12(21)7-3-8(13(16,17)18)5-9(15)4-7/h3-6,12,21H,2H2,1H3. The summed E-state index contributed by atoms with van der Waals surface area (Å²) in [5.74, 6) is -1.06. The van der Waals surface area contributed by atoms with Gasteiger partial charge in [-0.1, -0.05) is 0 Å². The van der Waals surface area contributed by atoms with Gasteiger partial charge in [-0.05, 0) is 46.6 Å². The summed E-state index contributed by atoms with van der Waals surface area (Å²) in [6.07, 6.45) is -4.68. The van der Waals surface area contributed by atoms with Crippen LogP contribution < -0.4 is 0 Å². The Labute approximate surface area is 126 Å². The maximum atomic E-state index is 13.4. The highest BCUT2D eigenvalue weighted by Crippen LogP contribution is 2.34. The third-order valence-corrected chi connectivity index (χ3v) is 3.57. The number of halogens is 5. The molecule has 0 aliphatic carbocycles. The maximum Gasteiger partial charge on any atom is 0.416 e. The molecule has 2 rings (SSSR count). The molecule has 0 aliphatic rings. The SMILES string of the molecule is CCn1ncc(Br)c1C(O)c1cc(F)cc(C(F)(F)F)c1. The van der Waals surface area contributed by atoms with E-state index in [1.165, 1.54) is 10.9 Å². The number of aliphatic hydroxyl groups is 1. The molecule has 0 aliphatic heterocycles. The molecule has 3 nitrogen and oxygen atoms in total. The molecule has 2 aromatic rings. The second-order valence-corrected chi connectivity index (χ2v) is 5.22. The van der Waals surface area contributed by atoms with Crippen molar-refractivity contribution >= 4 is 15.9 Å². The van der Waals surface area contributed by atoms with Crippen LogP contribution in [0.2, 0.25) is 0 Å². The topological polar surface area (TPSA) is 38.0 Å². The Hall–Kier alpha value is -1.41. The fourth-order valence-electron chi connectivity index (χ4n) is 1.99. The third-order valence-electron chi connectivity index (χ3n) is 2.95. The number of benzene rings is 1. The van der Waals surface area contributed by atoms with Gasteiger partial charge in [0, 0.05) is 6.54 Å². The zero-order chi connectivity index (χ0) is 15.8. The molecule has 0 spiro atoms. The molecule has 114 valence electrons. The van der Waals surface area contributed by atoms with Crippen molar-refractivity contribution in [2.24, 2.45) is 0 Å². The molecule has 1 unspecified atom stereocenters. The van der Waals surface area contributed by atoms with Crippen LogP contribution in [0.5, 0.6) is 0 Å². The van der Waals surface area contributed by atoms with Gasteiger partial charge >= 0.3 is 6.18 Å². The minimum absolute atomic E-state index is 0.182. The van der Waals surface area contributed by atoms with Crippen molar-refractivity contribution in [3.63, 3.8) is 0 Å². The molecule has 0 radical (unpaired) electrons. The number of hydrogen-bond donors (Lipinski definition) is 1. The quantitative estimate of drug-likeness (QED) is 0.836. The largest absolute Gasteiger partial charge is 0.416 e. The molecule has 0 saturated heterocycles. The Balaban J connectivity index is 2.51. The van der Waals surface area contributed by atoms with Crippen LogP contribution in [0, 0.1) is 5.82 Å². The minimum atomic E-state index is -4.68. The first-order chi connectivity index (χ1) is 9.74.